The SMILES string of the molecule is Cn1cnc(Cl)c1CCBr. The van der Waals surface area contributed by atoms with Crippen molar-refractivity contribution in [1.29, 1.82) is 0 Å². The molecule has 0 atom stereocenters. The Morgan fingerprint density at radius 1 is 1.80 bits per heavy atom. The highest BCUT2D eigenvalue weighted by atomic mass is 79.9. The lowest BCUT2D eigenvalue weighted by atomic mass is 10.4. The summed E-state index contributed by atoms with van der Waals surface area (Å²) in [5.41, 5.74) is 1.08. The van der Waals surface area contributed by atoms with Gasteiger partial charge >= 0.3 is 0 Å². The van der Waals surface area contributed by atoms with E-state index in [1.165, 1.54) is 0 Å². The van der Waals surface area contributed by atoms with Crippen LogP contribution in [0.1, 0.15) is 5.69 Å². The van der Waals surface area contributed by atoms with E-state index in [0.717, 1.165) is 17.4 Å². The van der Waals surface area contributed by atoms with Gasteiger partial charge in [-0.3, -0.25) is 0 Å². The van der Waals surface area contributed by atoms with Crippen LogP contribution < -0.4 is 0 Å². The number of imidazole rings is 1. The van der Waals surface area contributed by atoms with Crippen molar-refractivity contribution >= 4 is 27.5 Å². The summed E-state index contributed by atoms with van der Waals surface area (Å²) in [6.45, 7) is 0. The maximum absolute atomic E-state index is 5.77. The van der Waals surface area contributed by atoms with E-state index in [0.29, 0.717) is 5.15 Å². The molecule has 4 heteroatoms. The number of nitrogens with zero attached hydrogens (tertiary/aromatic N) is 2. The van der Waals surface area contributed by atoms with Gasteiger partial charge in [0.15, 0.2) is 0 Å². The van der Waals surface area contributed by atoms with Crippen molar-refractivity contribution < 1.29 is 0 Å². The van der Waals surface area contributed by atoms with Crippen LogP contribution in [-0.2, 0) is 13.5 Å². The van der Waals surface area contributed by atoms with Crippen LogP contribution in [0.4, 0.5) is 0 Å². The fourth-order valence-electron chi connectivity index (χ4n) is 0.796. The largest absolute Gasteiger partial charge is 0.336 e. The molecule has 1 rings (SSSR count). The predicted octanol–water partition coefficient (Wildman–Crippen LogP) is 2.01. The molecule has 0 N–H and O–H groups in total. The van der Waals surface area contributed by atoms with Crippen LogP contribution in [-0.4, -0.2) is 14.9 Å². The maximum atomic E-state index is 5.77. The van der Waals surface area contributed by atoms with Crippen LogP contribution in [0.5, 0.6) is 0 Å². The lowest BCUT2D eigenvalue weighted by molar-refractivity contribution is 0.838. The van der Waals surface area contributed by atoms with E-state index in [9.17, 15) is 0 Å². The molecule has 56 valence electrons. The molecule has 0 spiro atoms. The first-order valence-electron chi connectivity index (χ1n) is 2.97. The molecule has 0 aliphatic carbocycles. The van der Waals surface area contributed by atoms with Crippen molar-refractivity contribution in [1.82, 2.24) is 9.55 Å². The van der Waals surface area contributed by atoms with E-state index in [2.05, 4.69) is 20.9 Å². The van der Waals surface area contributed by atoms with Gasteiger partial charge in [-0.15, -0.1) is 0 Å². The summed E-state index contributed by atoms with van der Waals surface area (Å²) in [6, 6.07) is 0. The molecule has 0 unspecified atom stereocenters. The first-order chi connectivity index (χ1) is 4.75. The number of hydrogen-bond acceptors (Lipinski definition) is 1. The average molecular weight is 224 g/mol. The molecule has 0 saturated heterocycles. The first-order valence-corrected chi connectivity index (χ1v) is 4.47. The molecule has 0 aromatic carbocycles. The van der Waals surface area contributed by atoms with Crippen LogP contribution in [0, 0.1) is 0 Å². The zero-order valence-corrected chi connectivity index (χ0v) is 7.98. The lowest BCUT2D eigenvalue weighted by Crippen LogP contribution is -1.95. The summed E-state index contributed by atoms with van der Waals surface area (Å²) in [6.07, 6.45) is 2.65. The Hall–Kier alpha value is -0.0200. The number of hydrogen-bond donors (Lipinski definition) is 0. The predicted molar refractivity (Wildman–Crippen MR) is 45.7 cm³/mol. The quantitative estimate of drug-likeness (QED) is 0.702. The fourth-order valence-corrected chi connectivity index (χ4v) is 1.44. The van der Waals surface area contributed by atoms with Gasteiger partial charge in [-0.1, -0.05) is 27.5 Å². The van der Waals surface area contributed by atoms with Crippen molar-refractivity contribution in [2.24, 2.45) is 7.05 Å². The Morgan fingerprint density at radius 3 is 2.90 bits per heavy atom. The van der Waals surface area contributed by atoms with E-state index in [4.69, 9.17) is 11.6 Å². The van der Waals surface area contributed by atoms with E-state index in [1.54, 1.807) is 6.33 Å². The minimum atomic E-state index is 0.613. The molecule has 2 nitrogen and oxygen atoms in total. The van der Waals surface area contributed by atoms with Gasteiger partial charge in [-0.05, 0) is 0 Å². The average Bonchev–Trinajstić information content (AvgIpc) is 2.20. The van der Waals surface area contributed by atoms with Gasteiger partial charge in [0, 0.05) is 18.8 Å². The molecule has 0 bridgehead atoms. The summed E-state index contributed by atoms with van der Waals surface area (Å²) < 4.78 is 1.93. The van der Waals surface area contributed by atoms with Gasteiger partial charge in [0.05, 0.1) is 12.0 Å². The van der Waals surface area contributed by atoms with Crippen molar-refractivity contribution in [3.8, 4) is 0 Å². The maximum Gasteiger partial charge on any atom is 0.150 e. The number of aromatic nitrogens is 2. The molecule has 1 aromatic heterocycles. The normalized spacial score (nSPS) is 10.3. The number of halogens is 2. The highest BCUT2D eigenvalue weighted by Gasteiger charge is 2.03. The third kappa shape index (κ3) is 1.52. The summed E-state index contributed by atoms with van der Waals surface area (Å²) in [7, 11) is 1.94. The lowest BCUT2D eigenvalue weighted by Gasteiger charge is -1.97. The van der Waals surface area contributed by atoms with Crippen LogP contribution >= 0.6 is 27.5 Å². The molecular weight excluding hydrogens is 215 g/mol. The summed E-state index contributed by atoms with van der Waals surface area (Å²) >= 11 is 9.11. The van der Waals surface area contributed by atoms with E-state index < -0.39 is 0 Å². The van der Waals surface area contributed by atoms with Crippen LogP contribution in [0.25, 0.3) is 0 Å². The third-order valence-electron chi connectivity index (χ3n) is 1.34. The van der Waals surface area contributed by atoms with Gasteiger partial charge in [-0.25, -0.2) is 4.98 Å². The standard InChI is InChI=1S/C6H8BrClN2/c1-10-4-9-6(8)5(10)2-3-7/h4H,2-3H2,1H3. The second-order valence-corrected chi connectivity index (χ2v) is 3.18. The van der Waals surface area contributed by atoms with E-state index in [1.807, 2.05) is 11.6 Å². The highest BCUT2D eigenvalue weighted by molar-refractivity contribution is 9.09. The van der Waals surface area contributed by atoms with Gasteiger partial charge in [0.2, 0.25) is 0 Å². The molecule has 0 amide bonds. The van der Waals surface area contributed by atoms with Gasteiger partial charge in [0.25, 0.3) is 0 Å². The topological polar surface area (TPSA) is 17.8 Å². The molecular formula is C6H8BrClN2. The molecule has 1 aromatic rings. The Balaban J connectivity index is 2.87. The second-order valence-electron chi connectivity index (χ2n) is 2.03. The highest BCUT2D eigenvalue weighted by Crippen LogP contribution is 2.13. The van der Waals surface area contributed by atoms with Crippen molar-refractivity contribution in [2.45, 2.75) is 6.42 Å². The van der Waals surface area contributed by atoms with Gasteiger partial charge in [0.1, 0.15) is 5.15 Å². The Morgan fingerprint density at radius 2 is 2.50 bits per heavy atom. The molecule has 0 radical (unpaired) electrons. The summed E-state index contributed by atoms with van der Waals surface area (Å²) in [4.78, 5) is 3.94. The van der Waals surface area contributed by atoms with E-state index in [-0.39, 0.29) is 0 Å². The minimum Gasteiger partial charge on any atom is -0.336 e. The van der Waals surface area contributed by atoms with Crippen LogP contribution in [0.3, 0.4) is 0 Å². The zero-order chi connectivity index (χ0) is 7.56. The van der Waals surface area contributed by atoms with Gasteiger partial charge in [-0.2, -0.15) is 0 Å². The van der Waals surface area contributed by atoms with Crippen molar-refractivity contribution in [3.05, 3.63) is 17.2 Å². The Bertz CT molecular complexity index is 202. The Labute approximate surface area is 73.3 Å². The molecule has 10 heavy (non-hydrogen) atoms. The van der Waals surface area contributed by atoms with Crippen LogP contribution in [0.15, 0.2) is 6.33 Å². The van der Waals surface area contributed by atoms with Crippen molar-refractivity contribution in [2.75, 3.05) is 5.33 Å². The summed E-state index contributed by atoms with van der Waals surface area (Å²) in [5, 5.41) is 1.54. The smallest absolute Gasteiger partial charge is 0.150 e. The van der Waals surface area contributed by atoms with Gasteiger partial charge < -0.3 is 4.57 Å². The number of aryl methyl sites for hydroxylation is 1. The first kappa shape index (κ1) is 8.08. The van der Waals surface area contributed by atoms with Crippen molar-refractivity contribution in [3.63, 3.8) is 0 Å². The van der Waals surface area contributed by atoms with Crippen LogP contribution in [0.2, 0.25) is 5.15 Å². The second kappa shape index (κ2) is 3.39. The minimum absolute atomic E-state index is 0.613. The van der Waals surface area contributed by atoms with E-state index >= 15 is 0 Å². The number of alkyl halides is 1. The summed E-state index contributed by atoms with van der Waals surface area (Å²) in [5.74, 6) is 0. The Kier molecular flexibility index (Phi) is 2.74. The molecule has 0 fully saturated rings. The fraction of sp³-hybridized carbons (Fsp3) is 0.500. The number of rotatable bonds is 2. The molecule has 0 aliphatic rings. The zero-order valence-electron chi connectivity index (χ0n) is 5.64. The molecule has 1 heterocycles. The molecule has 0 saturated carbocycles. The third-order valence-corrected chi connectivity index (χ3v) is 2.05. The monoisotopic (exact) mass is 222 g/mol. The molecule has 0 aliphatic heterocycles.